The molecule has 0 aliphatic rings. The van der Waals surface area contributed by atoms with Gasteiger partial charge in [0.25, 0.3) is 0 Å². The molecule has 7 heteroatoms. The van der Waals surface area contributed by atoms with Gasteiger partial charge in [0.05, 0.1) is 10.7 Å². The first-order valence-electron chi connectivity index (χ1n) is 8.56. The number of rotatable bonds is 8. The Hall–Kier alpha value is -0.670. The largest absolute Gasteiger partial charge is 0.357 e. The number of hydrogen-bond acceptors (Lipinski definition) is 4. The Bertz CT molecular complexity index is 623. The standard InChI is InChI=1S/C18H28N4S2.HI/c1-5-19-18(22(4)11-9-16-7-6-12-23-16)20-10-8-15-13-24-17(21-15)14(2)3;/h6-7,12-14H,5,8-11H2,1-4H3,(H,19,20);1H. The maximum absolute atomic E-state index is 4.76. The summed E-state index contributed by atoms with van der Waals surface area (Å²) in [7, 11) is 2.11. The lowest BCUT2D eigenvalue weighted by molar-refractivity contribution is 0.487. The zero-order valence-electron chi connectivity index (χ0n) is 15.5. The molecule has 2 aromatic heterocycles. The van der Waals surface area contributed by atoms with E-state index in [2.05, 4.69) is 65.9 Å². The molecule has 1 N–H and O–H groups in total. The molecule has 0 fully saturated rings. The molecule has 0 atom stereocenters. The SMILES string of the molecule is CCNC(=NCCc1csc(C(C)C)n1)N(C)CCc1cccs1.I. The van der Waals surface area contributed by atoms with E-state index in [1.807, 2.05) is 11.3 Å². The third-order valence-corrected chi connectivity index (χ3v) is 5.79. The maximum Gasteiger partial charge on any atom is 0.193 e. The minimum Gasteiger partial charge on any atom is -0.357 e. The molecule has 0 aliphatic carbocycles. The molecular formula is C18H29IN4S2. The third-order valence-electron chi connectivity index (χ3n) is 3.66. The summed E-state index contributed by atoms with van der Waals surface area (Å²) >= 11 is 3.57. The van der Waals surface area contributed by atoms with Crippen LogP contribution in [0.5, 0.6) is 0 Å². The van der Waals surface area contributed by atoms with Crippen LogP contribution in [0.2, 0.25) is 0 Å². The fraction of sp³-hybridized carbons (Fsp3) is 0.556. The van der Waals surface area contributed by atoms with Crippen molar-refractivity contribution in [3.05, 3.63) is 38.5 Å². The number of nitrogens with zero attached hydrogens (tertiary/aromatic N) is 3. The van der Waals surface area contributed by atoms with Gasteiger partial charge < -0.3 is 10.2 Å². The number of likely N-dealkylation sites (N-methyl/N-ethyl adjacent to an activating group) is 1. The Morgan fingerprint density at radius 2 is 2.12 bits per heavy atom. The van der Waals surface area contributed by atoms with E-state index in [1.54, 1.807) is 11.3 Å². The minimum absolute atomic E-state index is 0. The molecule has 2 aromatic rings. The Balaban J connectivity index is 0.00000312. The van der Waals surface area contributed by atoms with Gasteiger partial charge in [-0.3, -0.25) is 4.99 Å². The van der Waals surface area contributed by atoms with Crippen molar-refractivity contribution in [3.63, 3.8) is 0 Å². The van der Waals surface area contributed by atoms with Crippen LogP contribution in [0.3, 0.4) is 0 Å². The van der Waals surface area contributed by atoms with Crippen molar-refractivity contribution in [2.24, 2.45) is 4.99 Å². The van der Waals surface area contributed by atoms with Crippen molar-refractivity contribution in [1.82, 2.24) is 15.2 Å². The van der Waals surface area contributed by atoms with E-state index in [4.69, 9.17) is 4.99 Å². The van der Waals surface area contributed by atoms with Gasteiger partial charge in [-0.05, 0) is 24.8 Å². The summed E-state index contributed by atoms with van der Waals surface area (Å²) < 4.78 is 0. The highest BCUT2D eigenvalue weighted by Gasteiger charge is 2.08. The number of guanidine groups is 1. The first-order valence-corrected chi connectivity index (χ1v) is 10.3. The van der Waals surface area contributed by atoms with Crippen LogP contribution < -0.4 is 5.32 Å². The van der Waals surface area contributed by atoms with Crippen LogP contribution in [0.4, 0.5) is 0 Å². The number of hydrogen-bond donors (Lipinski definition) is 1. The van der Waals surface area contributed by atoms with Crippen molar-refractivity contribution in [2.45, 2.75) is 39.5 Å². The van der Waals surface area contributed by atoms with Gasteiger partial charge in [0.15, 0.2) is 5.96 Å². The van der Waals surface area contributed by atoms with Crippen LogP contribution in [0.1, 0.15) is 42.3 Å². The van der Waals surface area contributed by atoms with Crippen LogP contribution in [-0.4, -0.2) is 42.5 Å². The number of thiazole rings is 1. The lowest BCUT2D eigenvalue weighted by Crippen LogP contribution is -2.40. The van der Waals surface area contributed by atoms with Crippen LogP contribution in [0, 0.1) is 0 Å². The summed E-state index contributed by atoms with van der Waals surface area (Å²) in [6.45, 7) is 9.11. The van der Waals surface area contributed by atoms with Crippen molar-refractivity contribution < 1.29 is 0 Å². The van der Waals surface area contributed by atoms with Gasteiger partial charge in [-0.2, -0.15) is 0 Å². The zero-order chi connectivity index (χ0) is 17.4. The van der Waals surface area contributed by atoms with Crippen LogP contribution in [-0.2, 0) is 12.8 Å². The molecule has 0 saturated heterocycles. The molecule has 2 rings (SSSR count). The highest BCUT2D eigenvalue weighted by atomic mass is 127. The van der Waals surface area contributed by atoms with Crippen molar-refractivity contribution in [2.75, 3.05) is 26.7 Å². The summed E-state index contributed by atoms with van der Waals surface area (Å²) in [5.41, 5.74) is 1.16. The Labute approximate surface area is 176 Å². The normalized spacial score (nSPS) is 11.5. The molecular weight excluding hydrogens is 463 g/mol. The number of thiophene rings is 1. The quantitative estimate of drug-likeness (QED) is 0.332. The molecule has 4 nitrogen and oxygen atoms in total. The summed E-state index contributed by atoms with van der Waals surface area (Å²) in [6.07, 6.45) is 1.96. The van der Waals surface area contributed by atoms with Crippen molar-refractivity contribution in [1.29, 1.82) is 0 Å². The predicted octanol–water partition coefficient (Wildman–Crippen LogP) is 4.63. The first-order chi connectivity index (χ1) is 11.6. The lowest BCUT2D eigenvalue weighted by atomic mass is 10.2. The van der Waals surface area contributed by atoms with Crippen LogP contribution in [0.15, 0.2) is 27.9 Å². The number of aromatic nitrogens is 1. The van der Waals surface area contributed by atoms with E-state index in [0.29, 0.717) is 5.92 Å². The average Bonchev–Trinajstić information content (AvgIpc) is 3.23. The van der Waals surface area contributed by atoms with Crippen LogP contribution >= 0.6 is 46.7 Å². The Morgan fingerprint density at radius 1 is 1.32 bits per heavy atom. The van der Waals surface area contributed by atoms with Gasteiger partial charge in [-0.15, -0.1) is 46.7 Å². The van der Waals surface area contributed by atoms with Gasteiger partial charge in [-0.1, -0.05) is 19.9 Å². The lowest BCUT2D eigenvalue weighted by Gasteiger charge is -2.21. The molecule has 25 heavy (non-hydrogen) atoms. The summed E-state index contributed by atoms with van der Waals surface area (Å²) in [6, 6.07) is 4.30. The second-order valence-electron chi connectivity index (χ2n) is 6.07. The molecule has 0 aliphatic heterocycles. The smallest absolute Gasteiger partial charge is 0.193 e. The summed E-state index contributed by atoms with van der Waals surface area (Å²) in [5, 5.41) is 8.90. The summed E-state index contributed by atoms with van der Waals surface area (Å²) in [5.74, 6) is 1.49. The monoisotopic (exact) mass is 492 g/mol. The molecule has 0 unspecified atom stereocenters. The molecule has 140 valence electrons. The minimum atomic E-state index is 0. The average molecular weight is 492 g/mol. The van der Waals surface area contributed by atoms with Gasteiger partial charge in [0.1, 0.15) is 0 Å². The highest BCUT2D eigenvalue weighted by Crippen LogP contribution is 2.19. The number of aliphatic imine (C=N–C) groups is 1. The molecule has 0 amide bonds. The van der Waals surface area contributed by atoms with E-state index in [-0.39, 0.29) is 24.0 Å². The molecule has 2 heterocycles. The number of nitrogens with one attached hydrogen (secondary N) is 1. The Kier molecular flexibility index (Phi) is 10.6. The fourth-order valence-electron chi connectivity index (χ4n) is 2.29. The highest BCUT2D eigenvalue weighted by molar-refractivity contribution is 14.0. The molecule has 0 saturated carbocycles. The topological polar surface area (TPSA) is 40.5 Å². The van der Waals surface area contributed by atoms with E-state index in [1.165, 1.54) is 9.88 Å². The van der Waals surface area contributed by atoms with E-state index >= 15 is 0 Å². The summed E-state index contributed by atoms with van der Waals surface area (Å²) in [4.78, 5) is 13.1. The van der Waals surface area contributed by atoms with Crippen molar-refractivity contribution >= 4 is 52.6 Å². The van der Waals surface area contributed by atoms with Crippen LogP contribution in [0.25, 0.3) is 0 Å². The fourth-order valence-corrected chi connectivity index (χ4v) is 3.85. The maximum atomic E-state index is 4.76. The predicted molar refractivity (Wildman–Crippen MR) is 122 cm³/mol. The molecule has 0 spiro atoms. The number of halogens is 1. The van der Waals surface area contributed by atoms with E-state index < -0.39 is 0 Å². The van der Waals surface area contributed by atoms with Gasteiger partial charge in [0.2, 0.25) is 0 Å². The molecule has 0 aromatic carbocycles. The van der Waals surface area contributed by atoms with Crippen molar-refractivity contribution in [3.8, 4) is 0 Å². The third kappa shape index (κ3) is 7.62. The van der Waals surface area contributed by atoms with Gasteiger partial charge in [0, 0.05) is 49.3 Å². The Morgan fingerprint density at radius 3 is 2.72 bits per heavy atom. The first kappa shape index (κ1) is 22.4. The van der Waals surface area contributed by atoms with E-state index in [0.717, 1.165) is 44.1 Å². The van der Waals surface area contributed by atoms with Gasteiger partial charge >= 0.3 is 0 Å². The van der Waals surface area contributed by atoms with E-state index in [9.17, 15) is 0 Å². The molecule has 0 bridgehead atoms. The van der Waals surface area contributed by atoms with Gasteiger partial charge in [-0.25, -0.2) is 4.98 Å². The second kappa shape index (κ2) is 11.9. The zero-order valence-corrected chi connectivity index (χ0v) is 19.5. The molecule has 0 radical (unpaired) electrons. The second-order valence-corrected chi connectivity index (χ2v) is 7.99.